The van der Waals surface area contributed by atoms with Gasteiger partial charge in [0.1, 0.15) is 11.2 Å². The van der Waals surface area contributed by atoms with Crippen LogP contribution in [0.25, 0.3) is 97.4 Å². The summed E-state index contributed by atoms with van der Waals surface area (Å²) in [5.41, 5.74) is 17.6. The average Bonchev–Trinajstić information content (AvgIpc) is 4.00. The van der Waals surface area contributed by atoms with Gasteiger partial charge < -0.3 is 9.32 Å². The number of thiophene rings is 1. The fourth-order valence-corrected chi connectivity index (χ4v) is 11.8. The second kappa shape index (κ2) is 14.2. The Morgan fingerprint density at radius 3 is 1.91 bits per heavy atom. The van der Waals surface area contributed by atoms with Crippen molar-refractivity contribution in [2.24, 2.45) is 0 Å². The molecule has 0 N–H and O–H groups in total. The Morgan fingerprint density at radius 1 is 0.406 bits per heavy atom. The van der Waals surface area contributed by atoms with Gasteiger partial charge in [0.05, 0.1) is 0 Å². The molecular formula is C61H41NOS. The number of hydrogen-bond donors (Lipinski definition) is 0. The molecule has 0 aliphatic heterocycles. The van der Waals surface area contributed by atoms with E-state index in [-0.39, 0.29) is 5.41 Å². The number of hydrogen-bond acceptors (Lipinski definition) is 3. The molecule has 1 aliphatic rings. The summed E-state index contributed by atoms with van der Waals surface area (Å²) in [6.45, 7) is 4.73. The van der Waals surface area contributed by atoms with E-state index in [1.54, 1.807) is 0 Å². The molecule has 2 nitrogen and oxygen atoms in total. The van der Waals surface area contributed by atoms with Crippen LogP contribution < -0.4 is 4.90 Å². The highest BCUT2D eigenvalue weighted by Gasteiger charge is 2.37. The van der Waals surface area contributed by atoms with Gasteiger partial charge in [-0.25, -0.2) is 0 Å². The van der Waals surface area contributed by atoms with Crippen LogP contribution in [0.15, 0.2) is 217 Å². The van der Waals surface area contributed by atoms with Gasteiger partial charge in [0.25, 0.3) is 0 Å². The molecule has 2 aromatic heterocycles. The van der Waals surface area contributed by atoms with E-state index < -0.39 is 0 Å². The molecule has 302 valence electrons. The molecule has 10 aromatic carbocycles. The lowest BCUT2D eigenvalue weighted by molar-refractivity contribution is 0.662. The van der Waals surface area contributed by atoms with Gasteiger partial charge in [-0.15, -0.1) is 11.3 Å². The second-order valence-corrected chi connectivity index (χ2v) is 18.7. The van der Waals surface area contributed by atoms with Gasteiger partial charge in [0, 0.05) is 58.8 Å². The predicted octanol–water partition coefficient (Wildman–Crippen LogP) is 17.9. The van der Waals surface area contributed by atoms with E-state index in [9.17, 15) is 0 Å². The number of fused-ring (bicyclic) bond motifs is 11. The van der Waals surface area contributed by atoms with Crippen LogP contribution in [0, 0.1) is 0 Å². The number of nitrogens with zero attached hydrogens (tertiary/aromatic N) is 1. The van der Waals surface area contributed by atoms with Gasteiger partial charge in [-0.05, 0) is 122 Å². The van der Waals surface area contributed by atoms with E-state index >= 15 is 0 Å². The van der Waals surface area contributed by atoms with E-state index in [2.05, 4.69) is 231 Å². The van der Waals surface area contributed by atoms with Gasteiger partial charge in [-0.3, -0.25) is 0 Å². The van der Waals surface area contributed by atoms with Crippen LogP contribution in [0.4, 0.5) is 17.1 Å². The number of furan rings is 1. The topological polar surface area (TPSA) is 16.4 Å². The molecule has 0 saturated carbocycles. The molecule has 1 aliphatic carbocycles. The van der Waals surface area contributed by atoms with E-state index in [1.165, 1.54) is 70.1 Å². The summed E-state index contributed by atoms with van der Waals surface area (Å²) in [7, 11) is 0. The maximum Gasteiger partial charge on any atom is 0.143 e. The first-order valence-electron chi connectivity index (χ1n) is 22.1. The van der Waals surface area contributed by atoms with E-state index in [4.69, 9.17) is 4.42 Å². The highest BCUT2D eigenvalue weighted by Crippen LogP contribution is 2.52. The van der Waals surface area contributed by atoms with Crippen molar-refractivity contribution in [3.8, 4) is 44.5 Å². The highest BCUT2D eigenvalue weighted by molar-refractivity contribution is 7.25. The smallest absolute Gasteiger partial charge is 0.143 e. The summed E-state index contributed by atoms with van der Waals surface area (Å²) in [4.78, 5) is 2.39. The molecule has 0 radical (unpaired) electrons. The highest BCUT2D eigenvalue weighted by atomic mass is 32.1. The van der Waals surface area contributed by atoms with Crippen LogP contribution in [0.3, 0.4) is 0 Å². The molecule has 0 spiro atoms. The molecule has 0 amide bonds. The minimum absolute atomic E-state index is 0.104. The summed E-state index contributed by atoms with van der Waals surface area (Å²) in [5, 5.41) is 7.21. The molecule has 12 aromatic rings. The Morgan fingerprint density at radius 2 is 1.05 bits per heavy atom. The number of benzene rings is 10. The van der Waals surface area contributed by atoms with Gasteiger partial charge in [0.15, 0.2) is 0 Å². The maximum absolute atomic E-state index is 6.63. The van der Waals surface area contributed by atoms with Crippen molar-refractivity contribution >= 4 is 81.3 Å². The Bertz CT molecular complexity index is 3810. The van der Waals surface area contributed by atoms with Crippen LogP contribution in [-0.4, -0.2) is 0 Å². The fourth-order valence-electron chi connectivity index (χ4n) is 10.6. The Labute approximate surface area is 375 Å². The average molecular weight is 836 g/mol. The third kappa shape index (κ3) is 5.64. The summed E-state index contributed by atoms with van der Waals surface area (Å²) in [5.74, 6) is 0. The van der Waals surface area contributed by atoms with Crippen LogP contribution >= 0.6 is 11.3 Å². The molecule has 0 bridgehead atoms. The Hall–Kier alpha value is -7.72. The van der Waals surface area contributed by atoms with Crippen molar-refractivity contribution in [3.63, 3.8) is 0 Å². The zero-order valence-electron chi connectivity index (χ0n) is 35.5. The number of anilines is 3. The van der Waals surface area contributed by atoms with E-state index in [1.807, 2.05) is 11.3 Å². The Balaban J connectivity index is 0.933. The van der Waals surface area contributed by atoms with Crippen molar-refractivity contribution < 1.29 is 4.42 Å². The molecule has 0 atom stereocenters. The molecule has 0 fully saturated rings. The first kappa shape index (κ1) is 36.9. The molecule has 64 heavy (non-hydrogen) atoms. The fraction of sp³-hybridized carbons (Fsp3) is 0.0492. The zero-order chi connectivity index (χ0) is 42.5. The molecule has 0 saturated heterocycles. The first-order valence-corrected chi connectivity index (χ1v) is 22.9. The monoisotopic (exact) mass is 835 g/mol. The maximum atomic E-state index is 6.63. The van der Waals surface area contributed by atoms with E-state index in [0.717, 1.165) is 55.5 Å². The van der Waals surface area contributed by atoms with Crippen molar-refractivity contribution in [1.82, 2.24) is 0 Å². The summed E-state index contributed by atoms with van der Waals surface area (Å²) in [6, 6.07) is 77.8. The van der Waals surface area contributed by atoms with Gasteiger partial charge in [-0.2, -0.15) is 0 Å². The lowest BCUT2D eigenvalue weighted by atomic mass is 9.79. The van der Waals surface area contributed by atoms with Gasteiger partial charge in [0.2, 0.25) is 0 Å². The molecule has 13 rings (SSSR count). The summed E-state index contributed by atoms with van der Waals surface area (Å²) in [6.07, 6.45) is 0. The minimum atomic E-state index is -0.104. The Kier molecular flexibility index (Phi) is 8.16. The van der Waals surface area contributed by atoms with Crippen molar-refractivity contribution in [2.45, 2.75) is 19.3 Å². The van der Waals surface area contributed by atoms with Crippen LogP contribution in [0.1, 0.15) is 25.0 Å². The third-order valence-electron chi connectivity index (χ3n) is 13.7. The van der Waals surface area contributed by atoms with Gasteiger partial charge in [-0.1, -0.05) is 166 Å². The standard InChI is InChI=1S/C61H41NOS/c1-61(2)54-21-7-5-16-49(54)52-20-10-19-47(59(52)61)40-26-32-44(33-27-40)62(43-30-24-38(25-31-43)41-29-34-51-50-17-6-8-23-56(50)64-57(51)37-41)45-14-9-13-42(36-45)46-18-11-22-55-58(46)53-35-28-39-12-3-4-15-48(39)60(53)63-55/h3-37H,1-2H3. The lowest BCUT2D eigenvalue weighted by Gasteiger charge is -2.27. The number of rotatable bonds is 6. The summed E-state index contributed by atoms with van der Waals surface area (Å²) >= 11 is 1.86. The minimum Gasteiger partial charge on any atom is -0.455 e. The van der Waals surface area contributed by atoms with Gasteiger partial charge >= 0.3 is 0 Å². The van der Waals surface area contributed by atoms with Crippen LogP contribution in [0.5, 0.6) is 0 Å². The largest absolute Gasteiger partial charge is 0.455 e. The quantitative estimate of drug-likeness (QED) is 0.166. The SMILES string of the molecule is CC1(C)c2ccccc2-c2cccc(-c3ccc(N(c4ccc(-c5ccc6c(c5)sc5ccccc56)cc4)c4cccc(-c5cccc6oc7c8ccccc8ccc7c56)c4)cc3)c21. The van der Waals surface area contributed by atoms with Crippen molar-refractivity contribution in [3.05, 3.63) is 223 Å². The molecular weight excluding hydrogens is 795 g/mol. The second-order valence-electron chi connectivity index (χ2n) is 17.6. The molecule has 3 heteroatoms. The summed E-state index contributed by atoms with van der Waals surface area (Å²) < 4.78 is 9.26. The van der Waals surface area contributed by atoms with Crippen molar-refractivity contribution in [2.75, 3.05) is 4.90 Å². The van der Waals surface area contributed by atoms with Crippen LogP contribution in [-0.2, 0) is 5.41 Å². The van der Waals surface area contributed by atoms with Crippen molar-refractivity contribution in [1.29, 1.82) is 0 Å². The lowest BCUT2D eigenvalue weighted by Crippen LogP contribution is -2.16. The molecule has 0 unspecified atom stereocenters. The van der Waals surface area contributed by atoms with Crippen LogP contribution in [0.2, 0.25) is 0 Å². The third-order valence-corrected chi connectivity index (χ3v) is 14.8. The zero-order valence-corrected chi connectivity index (χ0v) is 36.3. The predicted molar refractivity (Wildman–Crippen MR) is 273 cm³/mol. The normalized spacial score (nSPS) is 13.0. The molecule has 2 heterocycles. The van der Waals surface area contributed by atoms with E-state index in [0.29, 0.717) is 0 Å². The first-order chi connectivity index (χ1) is 31.5.